The zero-order valence-corrected chi connectivity index (χ0v) is 17.2. The summed E-state index contributed by atoms with van der Waals surface area (Å²) >= 11 is 0. The molecular weight excluding hydrogens is 405 g/mol. The second kappa shape index (κ2) is 9.08. The summed E-state index contributed by atoms with van der Waals surface area (Å²) in [6, 6.07) is 3.17. The maximum absolute atomic E-state index is 13.0. The first kappa shape index (κ1) is 22.2. The van der Waals surface area contributed by atoms with E-state index in [4.69, 9.17) is 0 Å². The summed E-state index contributed by atoms with van der Waals surface area (Å²) in [6.45, 7) is 4.84. The maximum atomic E-state index is 13.0. The molecule has 4 rings (SSSR count). The molecule has 2 saturated heterocycles. The SMILES string of the molecule is Cl.O=C([C@@H]1CCN(c2ccc(C(F)(F)F)nc2)C1)N1CCCN(C2CCC2)CC1. The molecule has 2 aliphatic heterocycles. The summed E-state index contributed by atoms with van der Waals surface area (Å²) < 4.78 is 38.0. The lowest BCUT2D eigenvalue weighted by Gasteiger charge is -2.36. The number of carbonyl (C=O) groups excluding carboxylic acids is 1. The summed E-state index contributed by atoms with van der Waals surface area (Å²) in [5.41, 5.74) is -0.237. The maximum Gasteiger partial charge on any atom is 0.433 e. The first-order chi connectivity index (χ1) is 13.4. The number of nitrogens with zero attached hydrogens (tertiary/aromatic N) is 4. The van der Waals surface area contributed by atoms with Crippen molar-refractivity contribution in [3.8, 4) is 0 Å². The van der Waals surface area contributed by atoms with Crippen molar-refractivity contribution in [2.24, 2.45) is 5.92 Å². The second-order valence-electron chi connectivity index (χ2n) is 8.13. The van der Waals surface area contributed by atoms with E-state index in [9.17, 15) is 18.0 Å². The normalized spacial score (nSPS) is 24.0. The molecule has 0 spiro atoms. The molecule has 3 fully saturated rings. The molecular formula is C20H28ClF3N4O. The van der Waals surface area contributed by atoms with Crippen molar-refractivity contribution in [1.82, 2.24) is 14.8 Å². The molecule has 162 valence electrons. The smallest absolute Gasteiger partial charge is 0.369 e. The Morgan fingerprint density at radius 2 is 1.79 bits per heavy atom. The molecule has 1 amide bonds. The summed E-state index contributed by atoms with van der Waals surface area (Å²) in [5.74, 6) is 0.107. The minimum atomic E-state index is -4.43. The van der Waals surface area contributed by atoms with Crippen molar-refractivity contribution in [1.29, 1.82) is 0 Å². The van der Waals surface area contributed by atoms with Crippen molar-refractivity contribution in [2.45, 2.75) is 44.3 Å². The van der Waals surface area contributed by atoms with Gasteiger partial charge in [0, 0.05) is 45.3 Å². The third kappa shape index (κ3) is 4.97. The van der Waals surface area contributed by atoms with Gasteiger partial charge in [-0.3, -0.25) is 9.69 Å². The molecule has 0 aromatic carbocycles. The number of pyridine rings is 1. The fourth-order valence-corrected chi connectivity index (χ4v) is 4.47. The predicted octanol–water partition coefficient (Wildman–Crippen LogP) is 3.44. The van der Waals surface area contributed by atoms with Crippen LogP contribution in [0.2, 0.25) is 0 Å². The number of alkyl halides is 3. The molecule has 0 bridgehead atoms. The Morgan fingerprint density at radius 1 is 1.00 bits per heavy atom. The predicted molar refractivity (Wildman–Crippen MR) is 107 cm³/mol. The third-order valence-corrected chi connectivity index (χ3v) is 6.37. The lowest BCUT2D eigenvalue weighted by Crippen LogP contribution is -2.43. The highest BCUT2D eigenvalue weighted by molar-refractivity contribution is 5.85. The molecule has 1 aliphatic carbocycles. The highest BCUT2D eigenvalue weighted by atomic mass is 35.5. The van der Waals surface area contributed by atoms with Gasteiger partial charge in [0.25, 0.3) is 0 Å². The first-order valence-corrected chi connectivity index (χ1v) is 10.2. The lowest BCUT2D eigenvalue weighted by molar-refractivity contribution is -0.141. The van der Waals surface area contributed by atoms with Crippen LogP contribution in [0.15, 0.2) is 18.3 Å². The van der Waals surface area contributed by atoms with E-state index < -0.39 is 11.9 Å². The zero-order chi connectivity index (χ0) is 19.7. The molecule has 29 heavy (non-hydrogen) atoms. The van der Waals surface area contributed by atoms with Gasteiger partial charge < -0.3 is 9.80 Å². The lowest BCUT2D eigenvalue weighted by atomic mass is 9.91. The molecule has 0 unspecified atom stereocenters. The van der Waals surface area contributed by atoms with Crippen LogP contribution in [-0.4, -0.2) is 66.0 Å². The highest BCUT2D eigenvalue weighted by Gasteiger charge is 2.35. The average Bonchev–Trinajstić information content (AvgIpc) is 3.00. The molecule has 9 heteroatoms. The summed E-state index contributed by atoms with van der Waals surface area (Å²) in [7, 11) is 0. The Balaban J connectivity index is 0.00000240. The molecule has 5 nitrogen and oxygen atoms in total. The van der Waals surface area contributed by atoms with Crippen molar-refractivity contribution in [2.75, 3.05) is 44.2 Å². The van der Waals surface area contributed by atoms with Crippen molar-refractivity contribution < 1.29 is 18.0 Å². The minimum absolute atomic E-state index is 0. The molecule has 1 aromatic rings. The van der Waals surface area contributed by atoms with E-state index in [0.29, 0.717) is 24.8 Å². The largest absolute Gasteiger partial charge is 0.433 e. The van der Waals surface area contributed by atoms with Crippen molar-refractivity contribution >= 4 is 24.0 Å². The topological polar surface area (TPSA) is 39.7 Å². The van der Waals surface area contributed by atoms with Crippen LogP contribution in [0.3, 0.4) is 0 Å². The summed E-state index contributed by atoms with van der Waals surface area (Å²) in [4.78, 5) is 23.0. The molecule has 3 heterocycles. The third-order valence-electron chi connectivity index (χ3n) is 6.37. The van der Waals surface area contributed by atoms with E-state index in [2.05, 4.69) is 9.88 Å². The van der Waals surface area contributed by atoms with Gasteiger partial charge in [0.15, 0.2) is 0 Å². The monoisotopic (exact) mass is 432 g/mol. The molecule has 3 aliphatic rings. The molecule has 1 aromatic heterocycles. The first-order valence-electron chi connectivity index (χ1n) is 10.2. The Hall–Kier alpha value is -1.54. The number of halogens is 4. The van der Waals surface area contributed by atoms with Crippen LogP contribution in [0.4, 0.5) is 18.9 Å². The van der Waals surface area contributed by atoms with E-state index in [1.807, 2.05) is 9.80 Å². The number of anilines is 1. The van der Waals surface area contributed by atoms with Gasteiger partial charge in [-0.2, -0.15) is 13.2 Å². The van der Waals surface area contributed by atoms with Crippen LogP contribution in [0.1, 0.15) is 37.8 Å². The fourth-order valence-electron chi connectivity index (χ4n) is 4.47. The Bertz CT molecular complexity index is 696. The van der Waals surface area contributed by atoms with Gasteiger partial charge in [0.1, 0.15) is 5.69 Å². The number of aromatic nitrogens is 1. The zero-order valence-electron chi connectivity index (χ0n) is 16.4. The summed E-state index contributed by atoms with van der Waals surface area (Å²) in [6.07, 6.45) is 2.48. The minimum Gasteiger partial charge on any atom is -0.369 e. The number of hydrogen-bond acceptors (Lipinski definition) is 4. The van der Waals surface area contributed by atoms with Crippen molar-refractivity contribution in [3.63, 3.8) is 0 Å². The van der Waals surface area contributed by atoms with Gasteiger partial charge in [-0.15, -0.1) is 12.4 Å². The van der Waals surface area contributed by atoms with E-state index in [-0.39, 0.29) is 24.2 Å². The molecule has 1 saturated carbocycles. The Kier molecular flexibility index (Phi) is 6.94. The fraction of sp³-hybridized carbons (Fsp3) is 0.700. The van der Waals surface area contributed by atoms with Gasteiger partial charge in [-0.05, 0) is 37.8 Å². The van der Waals surface area contributed by atoms with Crippen LogP contribution in [0.5, 0.6) is 0 Å². The number of carbonyl (C=O) groups is 1. The van der Waals surface area contributed by atoms with E-state index in [0.717, 1.165) is 45.1 Å². The van der Waals surface area contributed by atoms with Crippen LogP contribution >= 0.6 is 12.4 Å². The standard InChI is InChI=1S/C20H27F3N4O.ClH/c21-20(22,23)18-6-5-17(13-24-18)27-10-7-15(14-27)19(28)26-9-2-8-25(11-12-26)16-3-1-4-16;/h5-6,13,15-16H,1-4,7-12,14H2;1H/t15-;/m1./s1. The molecule has 0 N–H and O–H groups in total. The van der Waals surface area contributed by atoms with Gasteiger partial charge in [-0.1, -0.05) is 6.42 Å². The quantitative estimate of drug-likeness (QED) is 0.733. The van der Waals surface area contributed by atoms with E-state index in [1.54, 1.807) is 0 Å². The van der Waals surface area contributed by atoms with Gasteiger partial charge >= 0.3 is 6.18 Å². The van der Waals surface area contributed by atoms with Crippen LogP contribution in [-0.2, 0) is 11.0 Å². The Labute approximate surface area is 175 Å². The number of hydrogen-bond donors (Lipinski definition) is 0. The van der Waals surface area contributed by atoms with Gasteiger partial charge in [0.2, 0.25) is 5.91 Å². The van der Waals surface area contributed by atoms with Gasteiger partial charge in [0.05, 0.1) is 17.8 Å². The highest BCUT2D eigenvalue weighted by Crippen LogP contribution is 2.31. The van der Waals surface area contributed by atoms with Crippen molar-refractivity contribution in [3.05, 3.63) is 24.0 Å². The van der Waals surface area contributed by atoms with Crippen LogP contribution < -0.4 is 4.90 Å². The van der Waals surface area contributed by atoms with E-state index >= 15 is 0 Å². The molecule has 0 radical (unpaired) electrons. The van der Waals surface area contributed by atoms with Crippen LogP contribution in [0.25, 0.3) is 0 Å². The number of amides is 1. The average molecular weight is 433 g/mol. The Morgan fingerprint density at radius 3 is 2.41 bits per heavy atom. The van der Waals surface area contributed by atoms with Gasteiger partial charge in [-0.25, -0.2) is 4.98 Å². The summed E-state index contributed by atoms with van der Waals surface area (Å²) in [5, 5.41) is 0. The van der Waals surface area contributed by atoms with Crippen LogP contribution in [0, 0.1) is 5.92 Å². The second-order valence-corrected chi connectivity index (χ2v) is 8.13. The van der Waals surface area contributed by atoms with E-state index in [1.165, 1.54) is 31.5 Å². The molecule has 1 atom stereocenters. The number of rotatable bonds is 3.